The molecule has 1 aromatic carbocycles. The molecule has 0 saturated heterocycles. The highest BCUT2D eigenvalue weighted by molar-refractivity contribution is 7.59. The lowest BCUT2D eigenvalue weighted by atomic mass is 10.0. The average molecular weight is 402 g/mol. The summed E-state index contributed by atoms with van der Waals surface area (Å²) in [5.41, 5.74) is 6.91. The van der Waals surface area contributed by atoms with Crippen LogP contribution in [0.5, 0.6) is 0 Å². The van der Waals surface area contributed by atoms with Gasteiger partial charge in [-0.1, -0.05) is 24.0 Å². The van der Waals surface area contributed by atoms with Gasteiger partial charge in [-0.3, -0.25) is 0 Å². The summed E-state index contributed by atoms with van der Waals surface area (Å²) < 4.78 is 1.92. The molecule has 144 valence electrons. The van der Waals surface area contributed by atoms with Gasteiger partial charge < -0.3 is 15.4 Å². The summed E-state index contributed by atoms with van der Waals surface area (Å²) in [5, 5.41) is 11.7. The van der Waals surface area contributed by atoms with Gasteiger partial charge in [-0.25, -0.2) is 19.9 Å². The molecule has 29 heavy (non-hydrogen) atoms. The number of aliphatic hydroxyl groups is 1. The lowest BCUT2D eigenvalue weighted by molar-refractivity contribution is 0.0980. The van der Waals surface area contributed by atoms with E-state index in [2.05, 4.69) is 31.8 Å². The molecule has 1 aliphatic rings. The van der Waals surface area contributed by atoms with E-state index in [0.717, 1.165) is 16.5 Å². The van der Waals surface area contributed by atoms with Gasteiger partial charge in [-0.15, -0.1) is 0 Å². The molecule has 0 amide bonds. The predicted octanol–water partition coefficient (Wildman–Crippen LogP) is 2.23. The highest BCUT2D eigenvalue weighted by Gasteiger charge is 2.36. The van der Waals surface area contributed by atoms with Crippen molar-refractivity contribution in [1.29, 1.82) is 0 Å². The molecule has 0 aliphatic carbocycles. The molecule has 1 atom stereocenters. The van der Waals surface area contributed by atoms with E-state index in [4.69, 9.17) is 5.73 Å². The monoisotopic (exact) mass is 402 g/mol. The second-order valence-electron chi connectivity index (χ2n) is 6.71. The van der Waals surface area contributed by atoms with Crippen molar-refractivity contribution in [2.75, 3.05) is 5.73 Å². The van der Waals surface area contributed by atoms with E-state index in [1.165, 1.54) is 0 Å². The smallest absolute Gasteiger partial charge is 0.185 e. The predicted molar refractivity (Wildman–Crippen MR) is 115 cm³/mol. The molecular formula is C21H18N6OS. The maximum Gasteiger partial charge on any atom is 0.185 e. The molecule has 0 spiro atoms. The normalized spacial score (nSPS) is 17.3. The Morgan fingerprint density at radius 2 is 2.03 bits per heavy atom. The Morgan fingerprint density at radius 1 is 1.14 bits per heavy atom. The van der Waals surface area contributed by atoms with Crippen molar-refractivity contribution in [1.82, 2.24) is 24.5 Å². The van der Waals surface area contributed by atoms with Crippen LogP contribution in [0.3, 0.4) is 0 Å². The molecule has 4 aromatic rings. The number of imidazole rings is 1. The van der Waals surface area contributed by atoms with Crippen LogP contribution in [-0.4, -0.2) is 29.6 Å². The van der Waals surface area contributed by atoms with Crippen molar-refractivity contribution in [2.24, 2.45) is 0 Å². The highest BCUT2D eigenvalue weighted by atomic mass is 32.1. The largest absolute Gasteiger partial charge is 0.382 e. The van der Waals surface area contributed by atoms with Gasteiger partial charge in [-0.05, 0) is 18.2 Å². The SMILES string of the molecule is Nc1nccc2cnc(-c3cccc(C#C[C@@]4(O)CCn5ccnc54)c3)nc12.S. The molecule has 0 bridgehead atoms. The number of hydrogen-bond acceptors (Lipinski definition) is 6. The fraction of sp³-hybridized carbons (Fsp3) is 0.143. The number of rotatable bonds is 1. The van der Waals surface area contributed by atoms with Gasteiger partial charge in [0.25, 0.3) is 0 Å². The van der Waals surface area contributed by atoms with E-state index >= 15 is 0 Å². The van der Waals surface area contributed by atoms with Crippen LogP contribution >= 0.6 is 13.5 Å². The number of nitrogen functional groups attached to an aromatic ring is 1. The molecular weight excluding hydrogens is 384 g/mol. The molecule has 0 fully saturated rings. The third-order valence-corrected chi connectivity index (χ3v) is 4.86. The van der Waals surface area contributed by atoms with Crippen molar-refractivity contribution in [3.8, 4) is 23.2 Å². The van der Waals surface area contributed by atoms with Crippen LogP contribution in [0, 0.1) is 11.8 Å². The third-order valence-electron chi connectivity index (χ3n) is 4.86. The number of fused-ring (bicyclic) bond motifs is 2. The van der Waals surface area contributed by atoms with Gasteiger partial charge in [0.05, 0.1) is 0 Å². The molecule has 1 aliphatic heterocycles. The second kappa shape index (κ2) is 7.20. The number of aromatic nitrogens is 5. The van der Waals surface area contributed by atoms with Crippen LogP contribution in [-0.2, 0) is 12.1 Å². The van der Waals surface area contributed by atoms with Gasteiger partial charge in [-0.2, -0.15) is 13.5 Å². The molecule has 0 unspecified atom stereocenters. The van der Waals surface area contributed by atoms with Crippen LogP contribution in [0.25, 0.3) is 22.3 Å². The van der Waals surface area contributed by atoms with Crippen LogP contribution in [0.1, 0.15) is 17.8 Å². The van der Waals surface area contributed by atoms with Crippen molar-refractivity contribution < 1.29 is 5.11 Å². The molecule has 3 N–H and O–H groups in total. The highest BCUT2D eigenvalue weighted by Crippen LogP contribution is 2.30. The molecule has 3 aromatic heterocycles. The maximum absolute atomic E-state index is 10.8. The number of pyridine rings is 1. The second-order valence-corrected chi connectivity index (χ2v) is 6.71. The minimum Gasteiger partial charge on any atom is -0.382 e. The molecule has 4 heterocycles. The first-order valence-corrected chi connectivity index (χ1v) is 8.87. The maximum atomic E-state index is 10.8. The minimum absolute atomic E-state index is 0. The number of benzene rings is 1. The van der Waals surface area contributed by atoms with Gasteiger partial charge in [0, 0.05) is 54.3 Å². The fourth-order valence-corrected chi connectivity index (χ4v) is 3.39. The van der Waals surface area contributed by atoms with Crippen LogP contribution in [0.15, 0.2) is 55.1 Å². The summed E-state index contributed by atoms with van der Waals surface area (Å²) >= 11 is 0. The van der Waals surface area contributed by atoms with Gasteiger partial charge in [0.2, 0.25) is 0 Å². The summed E-state index contributed by atoms with van der Waals surface area (Å²) in [6, 6.07) is 9.41. The van der Waals surface area contributed by atoms with Crippen LogP contribution in [0.4, 0.5) is 5.82 Å². The fourth-order valence-electron chi connectivity index (χ4n) is 3.39. The van der Waals surface area contributed by atoms with Crippen molar-refractivity contribution in [3.05, 3.63) is 66.5 Å². The Labute approximate surface area is 174 Å². The van der Waals surface area contributed by atoms with Gasteiger partial charge in [0.1, 0.15) is 11.3 Å². The van der Waals surface area contributed by atoms with E-state index in [9.17, 15) is 5.11 Å². The van der Waals surface area contributed by atoms with Crippen molar-refractivity contribution in [2.45, 2.75) is 18.6 Å². The summed E-state index contributed by atoms with van der Waals surface area (Å²) in [5.74, 6) is 7.57. The van der Waals surface area contributed by atoms with Crippen LogP contribution in [0.2, 0.25) is 0 Å². The molecule has 0 radical (unpaired) electrons. The zero-order chi connectivity index (χ0) is 19.1. The van der Waals surface area contributed by atoms with Crippen molar-refractivity contribution in [3.63, 3.8) is 0 Å². The van der Waals surface area contributed by atoms with E-state index in [1.807, 2.05) is 41.1 Å². The van der Waals surface area contributed by atoms with Crippen LogP contribution < -0.4 is 5.73 Å². The van der Waals surface area contributed by atoms with Crippen molar-refractivity contribution >= 4 is 30.2 Å². The summed E-state index contributed by atoms with van der Waals surface area (Å²) in [7, 11) is 0. The Kier molecular flexibility index (Phi) is 4.70. The summed E-state index contributed by atoms with van der Waals surface area (Å²) in [6.07, 6.45) is 7.43. The first-order valence-electron chi connectivity index (χ1n) is 8.87. The number of aryl methyl sites for hydroxylation is 1. The average Bonchev–Trinajstić information content (AvgIpc) is 3.32. The summed E-state index contributed by atoms with van der Waals surface area (Å²) in [6.45, 7) is 0.709. The molecule has 8 heteroatoms. The molecule has 7 nitrogen and oxygen atoms in total. The molecule has 5 rings (SSSR count). The van der Waals surface area contributed by atoms with Gasteiger partial charge in [0.15, 0.2) is 17.2 Å². The zero-order valence-electron chi connectivity index (χ0n) is 15.4. The standard InChI is InChI=1S/C21H16N6O.H2S/c22-18-17-16(5-8-23-18)13-25-19(26-17)15-3-1-2-14(12-15)4-6-21(28)7-10-27-11-9-24-20(21)27;/h1-3,5,8-9,11-13,28H,7,10H2,(H2,22,23);1H2/t21-;/m1./s1. The quantitative estimate of drug-likeness (QED) is 0.473. The Balaban J connectivity index is 0.00000205. The topological polar surface area (TPSA) is 103 Å². The zero-order valence-corrected chi connectivity index (χ0v) is 16.4. The lowest BCUT2D eigenvalue weighted by Crippen LogP contribution is -2.20. The Hall–Kier alpha value is -3.41. The number of hydrogen-bond donors (Lipinski definition) is 2. The first kappa shape index (κ1) is 18.9. The van der Waals surface area contributed by atoms with E-state index in [-0.39, 0.29) is 13.5 Å². The number of nitrogens with two attached hydrogens (primary N) is 1. The first-order chi connectivity index (χ1) is 13.6. The number of nitrogens with zero attached hydrogens (tertiary/aromatic N) is 5. The molecule has 0 saturated carbocycles. The Bertz CT molecular complexity index is 1270. The van der Waals surface area contributed by atoms with Gasteiger partial charge >= 0.3 is 0 Å². The summed E-state index contributed by atoms with van der Waals surface area (Å²) in [4.78, 5) is 17.3. The van der Waals surface area contributed by atoms with E-state index in [0.29, 0.717) is 35.9 Å². The van der Waals surface area contributed by atoms with E-state index < -0.39 is 5.60 Å². The lowest BCUT2D eigenvalue weighted by Gasteiger charge is -2.12. The Morgan fingerprint density at radius 3 is 2.93 bits per heavy atom. The van der Waals surface area contributed by atoms with E-state index in [1.54, 1.807) is 18.6 Å². The number of anilines is 1. The third kappa shape index (κ3) is 3.31. The minimum atomic E-state index is -1.22.